The second-order valence-electron chi connectivity index (χ2n) is 7.73. The van der Waals surface area contributed by atoms with Gasteiger partial charge in [-0.15, -0.1) is 0 Å². The van der Waals surface area contributed by atoms with E-state index in [0.29, 0.717) is 28.1 Å². The number of benzene rings is 3. The predicted molar refractivity (Wildman–Crippen MR) is 118 cm³/mol. The molecule has 0 aliphatic carbocycles. The summed E-state index contributed by atoms with van der Waals surface area (Å²) in [4.78, 5) is 28.5. The van der Waals surface area contributed by atoms with Gasteiger partial charge >= 0.3 is 0 Å². The summed E-state index contributed by atoms with van der Waals surface area (Å²) in [5.74, 6) is -0.191. The van der Waals surface area contributed by atoms with E-state index in [1.165, 1.54) is 0 Å². The van der Waals surface area contributed by atoms with Crippen molar-refractivity contribution >= 4 is 28.5 Å². The molecule has 3 aromatic carbocycles. The molecule has 2 heterocycles. The SMILES string of the molecule is Cc1ccc(CN2C(=O)c3oc4ccc(Cl)cc4c(=O)c3[C@H]2c2ccc(O)cc2)cc1. The van der Waals surface area contributed by atoms with E-state index in [-0.39, 0.29) is 28.4 Å². The zero-order valence-electron chi connectivity index (χ0n) is 16.6. The number of hydrogen-bond acceptors (Lipinski definition) is 4. The van der Waals surface area contributed by atoms with Gasteiger partial charge in [-0.2, -0.15) is 0 Å². The Morgan fingerprint density at radius 2 is 1.71 bits per heavy atom. The first kappa shape index (κ1) is 19.4. The molecule has 1 atom stereocenters. The third-order valence-corrected chi connectivity index (χ3v) is 5.85. The molecule has 0 bridgehead atoms. The van der Waals surface area contributed by atoms with Crippen LogP contribution in [0.4, 0.5) is 0 Å². The largest absolute Gasteiger partial charge is 0.508 e. The van der Waals surface area contributed by atoms with Crippen molar-refractivity contribution in [1.82, 2.24) is 4.90 Å². The van der Waals surface area contributed by atoms with E-state index in [4.69, 9.17) is 16.0 Å². The number of phenolic OH excluding ortho intramolecular Hbond substituents is 1. The van der Waals surface area contributed by atoms with Gasteiger partial charge in [0.25, 0.3) is 5.91 Å². The minimum absolute atomic E-state index is 0.0463. The van der Waals surface area contributed by atoms with Crippen LogP contribution in [0.5, 0.6) is 5.75 Å². The molecule has 5 rings (SSSR count). The molecule has 0 saturated heterocycles. The minimum Gasteiger partial charge on any atom is -0.508 e. The fourth-order valence-corrected chi connectivity index (χ4v) is 4.22. The van der Waals surface area contributed by atoms with Gasteiger partial charge in [0.2, 0.25) is 5.76 Å². The highest BCUT2D eigenvalue weighted by molar-refractivity contribution is 6.31. The lowest BCUT2D eigenvalue weighted by molar-refractivity contribution is 0.0714. The molecule has 6 heteroatoms. The Kier molecular flexibility index (Phi) is 4.56. The fourth-order valence-electron chi connectivity index (χ4n) is 4.05. The van der Waals surface area contributed by atoms with Crippen LogP contribution < -0.4 is 5.43 Å². The van der Waals surface area contributed by atoms with Crippen molar-refractivity contribution in [3.8, 4) is 5.75 Å². The highest BCUT2D eigenvalue weighted by Crippen LogP contribution is 2.39. The van der Waals surface area contributed by atoms with Crippen LogP contribution >= 0.6 is 11.6 Å². The van der Waals surface area contributed by atoms with Crippen LogP contribution in [0, 0.1) is 6.92 Å². The second-order valence-corrected chi connectivity index (χ2v) is 8.16. The molecule has 154 valence electrons. The lowest BCUT2D eigenvalue weighted by Gasteiger charge is -2.25. The first-order chi connectivity index (χ1) is 14.9. The van der Waals surface area contributed by atoms with E-state index in [9.17, 15) is 14.7 Å². The molecule has 0 radical (unpaired) electrons. The van der Waals surface area contributed by atoms with Crippen molar-refractivity contribution in [3.63, 3.8) is 0 Å². The number of fused-ring (bicyclic) bond motifs is 2. The van der Waals surface area contributed by atoms with Gasteiger partial charge in [-0.3, -0.25) is 9.59 Å². The van der Waals surface area contributed by atoms with Crippen LogP contribution in [0.2, 0.25) is 5.02 Å². The molecule has 1 aromatic heterocycles. The maximum Gasteiger partial charge on any atom is 0.291 e. The van der Waals surface area contributed by atoms with Gasteiger partial charge < -0.3 is 14.4 Å². The van der Waals surface area contributed by atoms with E-state index >= 15 is 0 Å². The van der Waals surface area contributed by atoms with Crippen molar-refractivity contribution in [1.29, 1.82) is 0 Å². The number of halogens is 1. The number of aromatic hydroxyl groups is 1. The van der Waals surface area contributed by atoms with E-state index in [1.807, 2.05) is 31.2 Å². The summed E-state index contributed by atoms with van der Waals surface area (Å²) in [7, 11) is 0. The number of carbonyl (C=O) groups excluding carboxylic acids is 1. The fraction of sp³-hybridized carbons (Fsp3) is 0.120. The van der Waals surface area contributed by atoms with Crippen LogP contribution in [0.15, 0.2) is 75.9 Å². The smallest absolute Gasteiger partial charge is 0.291 e. The summed E-state index contributed by atoms with van der Waals surface area (Å²) in [6.07, 6.45) is 0. The van der Waals surface area contributed by atoms with Gasteiger partial charge in [0.15, 0.2) is 5.43 Å². The molecule has 1 N–H and O–H groups in total. The highest BCUT2D eigenvalue weighted by atomic mass is 35.5. The number of hydrogen-bond donors (Lipinski definition) is 1. The highest BCUT2D eigenvalue weighted by Gasteiger charge is 2.42. The standard InChI is InChI=1S/C25H18ClNO4/c1-14-2-4-15(5-3-14)13-27-22(16-6-9-18(28)10-7-16)21-23(29)19-12-17(26)8-11-20(19)31-24(21)25(27)30/h2-12,22,28H,13H2,1H3/t22-/m1/s1. The molecule has 31 heavy (non-hydrogen) atoms. The van der Waals surface area contributed by atoms with Gasteiger partial charge in [0.05, 0.1) is 17.0 Å². The lowest BCUT2D eigenvalue weighted by atomic mass is 9.98. The third-order valence-electron chi connectivity index (χ3n) is 5.61. The van der Waals surface area contributed by atoms with Gasteiger partial charge in [-0.1, -0.05) is 53.6 Å². The van der Waals surface area contributed by atoms with Crippen molar-refractivity contribution in [2.75, 3.05) is 0 Å². The van der Waals surface area contributed by atoms with Crippen LogP contribution in [-0.4, -0.2) is 15.9 Å². The first-order valence-corrected chi connectivity index (χ1v) is 10.2. The quantitative estimate of drug-likeness (QED) is 0.483. The van der Waals surface area contributed by atoms with E-state index in [2.05, 4.69) is 0 Å². The lowest BCUT2D eigenvalue weighted by Crippen LogP contribution is -2.29. The van der Waals surface area contributed by atoms with Crippen LogP contribution in [0.1, 0.15) is 38.9 Å². The summed E-state index contributed by atoms with van der Waals surface area (Å²) in [5, 5.41) is 10.5. The first-order valence-electron chi connectivity index (χ1n) is 9.84. The Labute approximate surface area is 183 Å². The molecule has 1 amide bonds. The van der Waals surface area contributed by atoms with E-state index in [1.54, 1.807) is 47.4 Å². The number of nitrogens with zero attached hydrogens (tertiary/aromatic N) is 1. The average molecular weight is 432 g/mol. The number of amides is 1. The molecule has 0 spiro atoms. The zero-order valence-corrected chi connectivity index (χ0v) is 17.4. The topological polar surface area (TPSA) is 70.8 Å². The minimum atomic E-state index is -0.635. The Morgan fingerprint density at radius 3 is 2.42 bits per heavy atom. The maximum atomic E-state index is 13.5. The van der Waals surface area contributed by atoms with Gasteiger partial charge in [0.1, 0.15) is 11.3 Å². The molecular formula is C25H18ClNO4. The van der Waals surface area contributed by atoms with Gasteiger partial charge in [0, 0.05) is 11.6 Å². The molecule has 0 fully saturated rings. The molecule has 1 aliphatic rings. The summed E-state index contributed by atoms with van der Waals surface area (Å²) < 4.78 is 5.92. The van der Waals surface area contributed by atoms with Crippen molar-refractivity contribution < 1.29 is 14.3 Å². The predicted octanol–water partition coefficient (Wildman–Crippen LogP) is 5.21. The normalized spacial score (nSPS) is 15.5. The van der Waals surface area contributed by atoms with Crippen molar-refractivity contribution in [3.05, 3.63) is 110 Å². The van der Waals surface area contributed by atoms with Crippen LogP contribution in [0.25, 0.3) is 11.0 Å². The molecule has 4 aromatic rings. The summed E-state index contributed by atoms with van der Waals surface area (Å²) in [5.41, 5.74) is 3.11. The van der Waals surface area contributed by atoms with Crippen molar-refractivity contribution in [2.24, 2.45) is 0 Å². The molecular weight excluding hydrogens is 414 g/mol. The summed E-state index contributed by atoms with van der Waals surface area (Å²) >= 11 is 6.10. The van der Waals surface area contributed by atoms with E-state index < -0.39 is 6.04 Å². The van der Waals surface area contributed by atoms with Gasteiger partial charge in [-0.05, 0) is 48.4 Å². The Balaban J connectivity index is 1.72. The molecule has 0 unspecified atom stereocenters. The number of rotatable bonds is 3. The van der Waals surface area contributed by atoms with Gasteiger partial charge in [-0.25, -0.2) is 0 Å². The molecule has 0 saturated carbocycles. The number of carbonyl (C=O) groups is 1. The zero-order chi connectivity index (χ0) is 21.7. The molecule has 1 aliphatic heterocycles. The number of aryl methyl sites for hydroxylation is 1. The number of phenols is 1. The van der Waals surface area contributed by atoms with E-state index in [0.717, 1.165) is 11.1 Å². The van der Waals surface area contributed by atoms with Crippen molar-refractivity contribution in [2.45, 2.75) is 19.5 Å². The maximum absolute atomic E-state index is 13.5. The molecule has 5 nitrogen and oxygen atoms in total. The Bertz CT molecular complexity index is 1370. The summed E-state index contributed by atoms with van der Waals surface area (Å²) in [6, 6.07) is 18.6. The average Bonchev–Trinajstić information content (AvgIpc) is 3.03. The van der Waals surface area contributed by atoms with Crippen LogP contribution in [0.3, 0.4) is 0 Å². The Morgan fingerprint density at radius 1 is 1.00 bits per heavy atom. The second kappa shape index (κ2) is 7.29. The van der Waals surface area contributed by atoms with Crippen LogP contribution in [-0.2, 0) is 6.54 Å². The summed E-state index contributed by atoms with van der Waals surface area (Å²) in [6.45, 7) is 2.31. The Hall–Kier alpha value is -3.57. The third kappa shape index (κ3) is 3.27. The monoisotopic (exact) mass is 431 g/mol.